The van der Waals surface area contributed by atoms with Gasteiger partial charge in [-0.05, 0) is 71.0 Å². The van der Waals surface area contributed by atoms with Crippen molar-refractivity contribution in [1.29, 1.82) is 0 Å². The zero-order chi connectivity index (χ0) is 23.6. The number of allylic oxidation sites excluding steroid dienone is 8. The van der Waals surface area contributed by atoms with Crippen molar-refractivity contribution in [2.45, 2.75) is 146 Å². The molecule has 0 radical (unpaired) electrons. The molecule has 0 spiro atoms. The van der Waals surface area contributed by atoms with Gasteiger partial charge in [-0.3, -0.25) is 0 Å². The van der Waals surface area contributed by atoms with Gasteiger partial charge in [0.1, 0.15) is 0 Å². The highest BCUT2D eigenvalue weighted by atomic mass is 31.1. The van der Waals surface area contributed by atoms with Gasteiger partial charge >= 0.3 is 0 Å². The van der Waals surface area contributed by atoms with E-state index in [0.29, 0.717) is 16.0 Å². The van der Waals surface area contributed by atoms with Crippen molar-refractivity contribution in [2.75, 3.05) is 0 Å². The van der Waals surface area contributed by atoms with E-state index in [1.807, 2.05) is 10.9 Å². The van der Waals surface area contributed by atoms with Gasteiger partial charge in [-0.15, -0.1) is 0 Å². The highest BCUT2D eigenvalue weighted by molar-refractivity contribution is 7.64. The van der Waals surface area contributed by atoms with E-state index in [9.17, 15) is 0 Å². The first-order valence-electron chi connectivity index (χ1n) is 14.0. The van der Waals surface area contributed by atoms with Gasteiger partial charge in [-0.1, -0.05) is 132 Å². The van der Waals surface area contributed by atoms with E-state index in [4.69, 9.17) is 0 Å². The van der Waals surface area contributed by atoms with Crippen LogP contribution in [0.1, 0.15) is 119 Å². The Labute approximate surface area is 208 Å². The van der Waals surface area contributed by atoms with Crippen LogP contribution in [-0.4, -0.2) is 27.3 Å². The Kier molecular flexibility index (Phi) is 8.50. The van der Waals surface area contributed by atoms with Crippen molar-refractivity contribution in [3.63, 3.8) is 0 Å². The summed E-state index contributed by atoms with van der Waals surface area (Å²) in [7, 11) is -0.235. The quantitative estimate of drug-likeness (QED) is 0.329. The lowest BCUT2D eigenvalue weighted by Gasteiger charge is -2.49. The van der Waals surface area contributed by atoms with E-state index in [-0.39, 0.29) is 15.8 Å². The summed E-state index contributed by atoms with van der Waals surface area (Å²) in [5.41, 5.74) is 6.26. The molecule has 0 saturated heterocycles. The van der Waals surface area contributed by atoms with Crippen LogP contribution in [0.2, 0.25) is 0 Å². The Bertz CT molecular complexity index is 754. The van der Waals surface area contributed by atoms with Crippen LogP contribution < -0.4 is 0 Å². The van der Waals surface area contributed by atoms with Crippen LogP contribution >= 0.6 is 15.8 Å². The van der Waals surface area contributed by atoms with Gasteiger partial charge in [0.25, 0.3) is 0 Å². The summed E-state index contributed by atoms with van der Waals surface area (Å²) in [6.45, 7) is 15.2. The predicted molar refractivity (Wildman–Crippen MR) is 154 cm³/mol. The Morgan fingerprint density at radius 3 is 1.73 bits per heavy atom. The molecule has 2 saturated carbocycles. The third-order valence-electron chi connectivity index (χ3n) is 8.34. The van der Waals surface area contributed by atoms with Crippen LogP contribution in [0.25, 0.3) is 0 Å². The molecule has 4 rings (SSSR count). The molecule has 1 atom stereocenters. The molecule has 0 aliphatic heterocycles. The molecule has 2 fully saturated rings. The van der Waals surface area contributed by atoms with Crippen molar-refractivity contribution in [3.8, 4) is 0 Å². The molecule has 2 heteroatoms. The molecule has 0 amide bonds. The summed E-state index contributed by atoms with van der Waals surface area (Å²) in [4.78, 5) is 0. The first-order valence-corrected chi connectivity index (χ1v) is 16.9. The van der Waals surface area contributed by atoms with Crippen molar-refractivity contribution < 1.29 is 0 Å². The lowest BCUT2D eigenvalue weighted by molar-refractivity contribution is 0.486. The van der Waals surface area contributed by atoms with Crippen molar-refractivity contribution in [1.82, 2.24) is 0 Å². The van der Waals surface area contributed by atoms with Crippen LogP contribution in [-0.2, 0) is 0 Å². The standard InChI is InChI=1S/C31H50P2/c1-30(2,3)33(31(4,5)6)29(24-16-13-14-17-24)27-22-15-23-28(27)32(25-18-9-7-10-19-25)26-20-11-8-12-21-26/h13-16,23,25-26,29H,7-12,17-22H2,1-6H3. The van der Waals surface area contributed by atoms with Gasteiger partial charge < -0.3 is 0 Å². The Morgan fingerprint density at radius 2 is 1.27 bits per heavy atom. The van der Waals surface area contributed by atoms with E-state index >= 15 is 0 Å². The molecular formula is C31H50P2. The zero-order valence-corrected chi connectivity index (χ0v) is 24.3. The van der Waals surface area contributed by atoms with Crippen molar-refractivity contribution in [2.24, 2.45) is 0 Å². The first-order chi connectivity index (χ1) is 15.7. The maximum absolute atomic E-state index is 2.67. The molecule has 0 heterocycles. The van der Waals surface area contributed by atoms with Gasteiger partial charge in [-0.2, -0.15) is 0 Å². The minimum absolute atomic E-state index is 0.0252. The van der Waals surface area contributed by atoms with E-state index in [1.165, 1.54) is 77.0 Å². The second-order valence-corrected chi connectivity index (χ2v) is 19.7. The van der Waals surface area contributed by atoms with Crippen LogP contribution in [0, 0.1) is 0 Å². The number of hydrogen-bond donors (Lipinski definition) is 0. The maximum Gasteiger partial charge on any atom is 0.0237 e. The SMILES string of the molecule is CC(C)(C)P(C(C1=CC=CC1)C1=C(P(C2CCCCC2)C2CCCCC2)C=CC1)C(C)(C)C. The second kappa shape index (κ2) is 10.8. The Morgan fingerprint density at radius 1 is 0.727 bits per heavy atom. The minimum Gasteiger partial charge on any atom is -0.0840 e. The van der Waals surface area contributed by atoms with Crippen LogP contribution in [0.15, 0.2) is 46.8 Å². The zero-order valence-electron chi connectivity index (χ0n) is 22.5. The van der Waals surface area contributed by atoms with Gasteiger partial charge in [0.2, 0.25) is 0 Å². The fraction of sp³-hybridized carbons (Fsp3) is 0.742. The highest BCUT2D eigenvalue weighted by Crippen LogP contribution is 2.70. The Hall–Kier alpha value is -0.180. The summed E-state index contributed by atoms with van der Waals surface area (Å²) >= 11 is 0. The molecule has 0 aromatic carbocycles. The molecule has 184 valence electrons. The average molecular weight is 485 g/mol. The largest absolute Gasteiger partial charge is 0.0840 e. The van der Waals surface area contributed by atoms with Gasteiger partial charge in [0.05, 0.1) is 0 Å². The summed E-state index contributed by atoms with van der Waals surface area (Å²) in [5, 5.41) is 2.59. The van der Waals surface area contributed by atoms with E-state index < -0.39 is 0 Å². The summed E-state index contributed by atoms with van der Waals surface area (Å²) in [6.07, 6.45) is 29.8. The molecule has 4 aliphatic rings. The molecule has 4 aliphatic carbocycles. The molecular weight excluding hydrogens is 434 g/mol. The molecule has 1 unspecified atom stereocenters. The minimum atomic E-state index is -0.210. The summed E-state index contributed by atoms with van der Waals surface area (Å²) in [5.74, 6) is 0. The number of rotatable bonds is 6. The lowest BCUT2D eigenvalue weighted by atomic mass is 9.99. The van der Waals surface area contributed by atoms with Crippen LogP contribution in [0.3, 0.4) is 0 Å². The number of hydrogen-bond acceptors (Lipinski definition) is 0. The van der Waals surface area contributed by atoms with Crippen LogP contribution in [0.4, 0.5) is 0 Å². The second-order valence-electron chi connectivity index (χ2n) is 13.0. The van der Waals surface area contributed by atoms with Crippen molar-refractivity contribution in [3.05, 3.63) is 46.8 Å². The predicted octanol–water partition coefficient (Wildman–Crippen LogP) is 10.7. The third kappa shape index (κ3) is 5.97. The molecule has 0 bridgehead atoms. The van der Waals surface area contributed by atoms with E-state index in [2.05, 4.69) is 71.9 Å². The smallest absolute Gasteiger partial charge is 0.0237 e. The molecule has 33 heavy (non-hydrogen) atoms. The fourth-order valence-electron chi connectivity index (χ4n) is 7.42. The maximum atomic E-state index is 2.67. The van der Waals surface area contributed by atoms with Gasteiger partial charge in [0, 0.05) is 5.66 Å². The van der Waals surface area contributed by atoms with Gasteiger partial charge in [-0.25, -0.2) is 0 Å². The summed E-state index contributed by atoms with van der Waals surface area (Å²) in [6, 6.07) is 0. The average Bonchev–Trinajstić information content (AvgIpc) is 3.45. The molecule has 0 N–H and O–H groups in total. The monoisotopic (exact) mass is 484 g/mol. The third-order valence-corrected chi connectivity index (χ3v) is 16.0. The Balaban J connectivity index is 1.81. The molecule has 0 nitrogen and oxygen atoms in total. The van der Waals surface area contributed by atoms with Gasteiger partial charge in [0.15, 0.2) is 0 Å². The molecule has 0 aromatic heterocycles. The fourth-order valence-corrected chi connectivity index (χ4v) is 16.2. The van der Waals surface area contributed by atoms with E-state index in [1.54, 1.807) is 5.57 Å². The molecule has 0 aromatic rings. The first kappa shape index (κ1) is 25.9. The van der Waals surface area contributed by atoms with Crippen LogP contribution in [0.5, 0.6) is 0 Å². The normalized spacial score (nSPS) is 24.4. The van der Waals surface area contributed by atoms with Crippen molar-refractivity contribution >= 4 is 15.8 Å². The topological polar surface area (TPSA) is 0 Å². The van der Waals surface area contributed by atoms with E-state index in [0.717, 1.165) is 11.3 Å². The lowest BCUT2D eigenvalue weighted by Crippen LogP contribution is -2.33. The highest BCUT2D eigenvalue weighted by Gasteiger charge is 2.45. The summed E-state index contributed by atoms with van der Waals surface area (Å²) < 4.78 is 0.